The van der Waals surface area contributed by atoms with Gasteiger partial charge in [-0.15, -0.1) is 29.9 Å². The lowest BCUT2D eigenvalue weighted by atomic mass is 10.2. The van der Waals surface area contributed by atoms with Crippen LogP contribution in [0, 0.1) is 0 Å². The number of alkyl halides is 3. The topological polar surface area (TPSA) is 72.3 Å². The van der Waals surface area contributed by atoms with Crippen LogP contribution in [0.4, 0.5) is 13.2 Å². The lowest BCUT2D eigenvalue weighted by molar-refractivity contribution is -0.274. The van der Waals surface area contributed by atoms with E-state index < -0.39 is 17.5 Å². The summed E-state index contributed by atoms with van der Waals surface area (Å²) in [5, 5.41) is 10.5. The van der Waals surface area contributed by atoms with Crippen molar-refractivity contribution in [3.8, 4) is 17.1 Å². The predicted octanol–water partition coefficient (Wildman–Crippen LogP) is 3.37. The van der Waals surface area contributed by atoms with Crippen LogP contribution in [0.1, 0.15) is 5.56 Å². The molecule has 0 spiro atoms. The Morgan fingerprint density at radius 2 is 2.12 bits per heavy atom. The van der Waals surface area contributed by atoms with Gasteiger partial charge in [-0.2, -0.15) is 0 Å². The van der Waals surface area contributed by atoms with E-state index in [2.05, 4.69) is 26.6 Å². The number of H-pyrrole nitrogens is 1. The summed E-state index contributed by atoms with van der Waals surface area (Å²) >= 11 is 6.07. The molecule has 0 bridgehead atoms. The fourth-order valence-corrected chi connectivity index (χ4v) is 2.53. The number of halogens is 4. The van der Waals surface area contributed by atoms with Crippen LogP contribution in [-0.2, 0) is 6.42 Å². The minimum atomic E-state index is -4.82. The number of hydrogen-bond acceptors (Lipinski definition) is 4. The minimum Gasteiger partial charge on any atom is -0.406 e. The summed E-state index contributed by atoms with van der Waals surface area (Å²) in [7, 11) is 0. The molecule has 0 amide bonds. The van der Waals surface area contributed by atoms with Gasteiger partial charge in [0.05, 0.1) is 0 Å². The molecular weight excluding hydrogens is 361 g/mol. The van der Waals surface area contributed by atoms with Crippen molar-refractivity contribution >= 4 is 17.2 Å². The van der Waals surface area contributed by atoms with Crippen LogP contribution >= 0.6 is 11.6 Å². The van der Waals surface area contributed by atoms with E-state index in [9.17, 15) is 18.0 Å². The third-order valence-electron chi connectivity index (χ3n) is 3.29. The normalized spacial score (nSPS) is 11.7. The molecule has 2 aromatic heterocycles. The zero-order valence-electron chi connectivity index (χ0n) is 12.5. The van der Waals surface area contributed by atoms with E-state index in [1.807, 2.05) is 0 Å². The molecule has 2 heterocycles. The fraction of sp³-hybridized carbons (Fsp3) is 0.133. The SMILES string of the molecule is C=CCc1c(Cl)[nH]n2c(-c3cccc(OC(F)(F)F)c3)nnc2c1=O. The molecule has 130 valence electrons. The van der Waals surface area contributed by atoms with Crippen LogP contribution in [0.3, 0.4) is 0 Å². The van der Waals surface area contributed by atoms with Crippen LogP contribution in [-0.4, -0.2) is 26.2 Å². The summed E-state index contributed by atoms with van der Waals surface area (Å²) in [6.07, 6.45) is -3.06. The van der Waals surface area contributed by atoms with Crippen molar-refractivity contribution < 1.29 is 17.9 Å². The van der Waals surface area contributed by atoms with E-state index >= 15 is 0 Å². The highest BCUT2D eigenvalue weighted by Gasteiger charge is 2.31. The Balaban J connectivity index is 2.13. The van der Waals surface area contributed by atoms with Crippen LogP contribution in [0.2, 0.25) is 5.15 Å². The first-order valence-corrected chi connectivity index (χ1v) is 7.31. The largest absolute Gasteiger partial charge is 0.573 e. The van der Waals surface area contributed by atoms with Gasteiger partial charge in [-0.05, 0) is 18.6 Å². The fourth-order valence-electron chi connectivity index (χ4n) is 2.28. The van der Waals surface area contributed by atoms with Crippen molar-refractivity contribution in [2.75, 3.05) is 0 Å². The molecule has 1 N–H and O–H groups in total. The first-order chi connectivity index (χ1) is 11.8. The molecule has 0 saturated heterocycles. The van der Waals surface area contributed by atoms with Gasteiger partial charge in [0.15, 0.2) is 5.82 Å². The maximum absolute atomic E-state index is 12.4. The van der Waals surface area contributed by atoms with E-state index in [-0.39, 0.29) is 34.2 Å². The number of nitrogens with one attached hydrogen (secondary N) is 1. The molecule has 3 aromatic rings. The van der Waals surface area contributed by atoms with Crippen molar-refractivity contribution in [1.29, 1.82) is 0 Å². The Morgan fingerprint density at radius 3 is 2.80 bits per heavy atom. The van der Waals surface area contributed by atoms with Crippen LogP contribution < -0.4 is 10.2 Å². The molecular formula is C15H10ClF3N4O2. The number of aromatic amines is 1. The Morgan fingerprint density at radius 1 is 1.36 bits per heavy atom. The van der Waals surface area contributed by atoms with Gasteiger partial charge in [-0.3, -0.25) is 9.89 Å². The van der Waals surface area contributed by atoms with Crippen molar-refractivity contribution in [2.24, 2.45) is 0 Å². The molecule has 0 fully saturated rings. The highest BCUT2D eigenvalue weighted by atomic mass is 35.5. The number of aromatic nitrogens is 4. The molecule has 3 rings (SSSR count). The number of allylic oxidation sites excluding steroid dienone is 1. The molecule has 0 aliphatic heterocycles. The van der Waals surface area contributed by atoms with Gasteiger partial charge in [0, 0.05) is 11.1 Å². The molecule has 0 saturated carbocycles. The zero-order valence-corrected chi connectivity index (χ0v) is 13.2. The van der Waals surface area contributed by atoms with Gasteiger partial charge in [-0.1, -0.05) is 29.8 Å². The summed E-state index contributed by atoms with van der Waals surface area (Å²) in [4.78, 5) is 12.4. The number of benzene rings is 1. The second-order valence-corrected chi connectivity index (χ2v) is 5.36. The molecule has 6 nitrogen and oxygen atoms in total. The van der Waals surface area contributed by atoms with Gasteiger partial charge in [-0.25, -0.2) is 4.52 Å². The maximum atomic E-state index is 12.4. The standard InChI is InChI=1S/C15H10ClF3N4O2/c1-2-4-10-11(24)14-21-20-13(23(14)22-12(10)16)8-5-3-6-9(7-8)25-15(17,18)19/h2-3,5-7,22H,1,4H2. The van der Waals surface area contributed by atoms with E-state index in [1.165, 1.54) is 22.7 Å². The van der Waals surface area contributed by atoms with E-state index in [1.54, 1.807) is 0 Å². The summed E-state index contributed by atoms with van der Waals surface area (Å²) in [5.74, 6) is -0.301. The lowest BCUT2D eigenvalue weighted by Crippen LogP contribution is -2.17. The Hall–Kier alpha value is -2.81. The van der Waals surface area contributed by atoms with Gasteiger partial charge in [0.2, 0.25) is 11.1 Å². The number of nitrogens with zero attached hydrogens (tertiary/aromatic N) is 3. The van der Waals surface area contributed by atoms with Gasteiger partial charge >= 0.3 is 6.36 Å². The Kier molecular flexibility index (Phi) is 4.25. The molecule has 0 aliphatic carbocycles. The smallest absolute Gasteiger partial charge is 0.406 e. The first kappa shape index (κ1) is 17.0. The monoisotopic (exact) mass is 370 g/mol. The Labute approximate surface area is 143 Å². The summed E-state index contributed by atoms with van der Waals surface area (Å²) in [6, 6.07) is 5.15. The molecule has 10 heteroatoms. The molecule has 0 unspecified atom stereocenters. The van der Waals surface area contributed by atoms with E-state index in [0.29, 0.717) is 0 Å². The van der Waals surface area contributed by atoms with Crippen LogP contribution in [0.5, 0.6) is 5.75 Å². The van der Waals surface area contributed by atoms with Crippen LogP contribution in [0.15, 0.2) is 41.7 Å². The first-order valence-electron chi connectivity index (χ1n) is 6.93. The number of fused-ring (bicyclic) bond motifs is 1. The Bertz CT molecular complexity index is 1010. The lowest BCUT2D eigenvalue weighted by Gasteiger charge is -2.09. The van der Waals surface area contributed by atoms with Crippen molar-refractivity contribution in [3.05, 3.63) is 57.9 Å². The molecule has 0 aliphatic rings. The van der Waals surface area contributed by atoms with Crippen LogP contribution in [0.25, 0.3) is 17.0 Å². The minimum absolute atomic E-state index is 0.0293. The van der Waals surface area contributed by atoms with Gasteiger partial charge in [0.1, 0.15) is 10.9 Å². The van der Waals surface area contributed by atoms with E-state index in [0.717, 1.165) is 12.1 Å². The average Bonchev–Trinajstić information content (AvgIpc) is 2.94. The molecule has 25 heavy (non-hydrogen) atoms. The van der Waals surface area contributed by atoms with Gasteiger partial charge in [0.25, 0.3) is 0 Å². The number of rotatable bonds is 4. The van der Waals surface area contributed by atoms with Crippen molar-refractivity contribution in [2.45, 2.75) is 12.8 Å². The number of ether oxygens (including phenoxy) is 1. The third kappa shape index (κ3) is 3.36. The van der Waals surface area contributed by atoms with E-state index in [4.69, 9.17) is 11.6 Å². The second kappa shape index (κ2) is 6.25. The summed E-state index contributed by atoms with van der Waals surface area (Å²) in [5.41, 5.74) is 0.0678. The second-order valence-electron chi connectivity index (χ2n) is 4.98. The molecule has 1 aromatic carbocycles. The summed E-state index contributed by atoms with van der Waals surface area (Å²) < 4.78 is 42.2. The summed E-state index contributed by atoms with van der Waals surface area (Å²) in [6.45, 7) is 3.55. The third-order valence-corrected chi connectivity index (χ3v) is 3.60. The average molecular weight is 371 g/mol. The molecule has 0 radical (unpaired) electrons. The quantitative estimate of drug-likeness (QED) is 0.715. The zero-order chi connectivity index (χ0) is 18.2. The molecule has 0 atom stereocenters. The van der Waals surface area contributed by atoms with Crippen molar-refractivity contribution in [1.82, 2.24) is 19.8 Å². The highest BCUT2D eigenvalue weighted by molar-refractivity contribution is 6.30. The van der Waals surface area contributed by atoms with Crippen molar-refractivity contribution in [3.63, 3.8) is 0 Å². The predicted molar refractivity (Wildman–Crippen MR) is 84.6 cm³/mol. The maximum Gasteiger partial charge on any atom is 0.573 e. The van der Waals surface area contributed by atoms with Gasteiger partial charge < -0.3 is 4.74 Å². The number of hydrogen-bond donors (Lipinski definition) is 1. The highest BCUT2D eigenvalue weighted by Crippen LogP contribution is 2.27.